The third-order valence-electron chi connectivity index (χ3n) is 6.11. The molecule has 8 heteroatoms. The molecule has 1 N–H and O–H groups in total. The van der Waals surface area contributed by atoms with Crippen molar-refractivity contribution in [2.45, 2.75) is 39.7 Å². The van der Waals surface area contributed by atoms with Crippen LogP contribution in [0, 0.1) is 0 Å². The maximum absolute atomic E-state index is 13.3. The quantitative estimate of drug-likeness (QED) is 0.480. The summed E-state index contributed by atoms with van der Waals surface area (Å²) < 4.78 is 12.1. The van der Waals surface area contributed by atoms with Crippen molar-refractivity contribution in [3.63, 3.8) is 0 Å². The zero-order chi connectivity index (χ0) is 25.3. The molecule has 3 heterocycles. The fourth-order valence-electron chi connectivity index (χ4n) is 4.28. The number of fused-ring (bicyclic) bond motifs is 1. The predicted molar refractivity (Wildman–Crippen MR) is 145 cm³/mol. The van der Waals surface area contributed by atoms with E-state index in [-0.39, 0.29) is 5.91 Å². The number of carbonyl (C=O) groups is 1. The molecule has 36 heavy (non-hydrogen) atoms. The first-order valence-corrected chi connectivity index (χ1v) is 13.4. The second kappa shape index (κ2) is 12.8. The zero-order valence-corrected chi connectivity index (χ0v) is 22.1. The molecule has 5 rings (SSSR count). The third kappa shape index (κ3) is 6.19. The average molecular weight is 507 g/mol. The van der Waals surface area contributed by atoms with Gasteiger partial charge in [-0.2, -0.15) is 0 Å². The van der Waals surface area contributed by atoms with Gasteiger partial charge < -0.3 is 14.8 Å². The summed E-state index contributed by atoms with van der Waals surface area (Å²) in [6, 6.07) is 7.56. The number of aromatic nitrogens is 2. The van der Waals surface area contributed by atoms with Crippen molar-refractivity contribution >= 4 is 33.0 Å². The number of carbonyl (C=O) groups excluding carboxylic acids is 1. The number of hydrogen-bond acceptors (Lipinski definition) is 7. The number of ether oxygens (including phenoxy) is 2. The Kier molecular flexibility index (Phi) is 9.22. The molecule has 3 aromatic rings. The van der Waals surface area contributed by atoms with Crippen molar-refractivity contribution in [3.05, 3.63) is 70.6 Å². The highest BCUT2D eigenvalue weighted by Crippen LogP contribution is 2.32. The highest BCUT2D eigenvalue weighted by atomic mass is 32.1. The molecule has 1 saturated heterocycles. The molecule has 2 aromatic heterocycles. The summed E-state index contributed by atoms with van der Waals surface area (Å²) in [5, 5.41) is 4.07. The van der Waals surface area contributed by atoms with Crippen LogP contribution in [0.4, 0.5) is 0 Å². The first-order valence-electron chi connectivity index (χ1n) is 12.6. The summed E-state index contributed by atoms with van der Waals surface area (Å²) in [5.74, 6) is 0.660. The Morgan fingerprint density at radius 3 is 2.75 bits per heavy atom. The van der Waals surface area contributed by atoms with Crippen molar-refractivity contribution in [2.24, 2.45) is 0 Å². The van der Waals surface area contributed by atoms with E-state index in [1.54, 1.807) is 24.6 Å². The molecule has 190 valence electrons. The van der Waals surface area contributed by atoms with Gasteiger partial charge in [0.25, 0.3) is 5.91 Å². The van der Waals surface area contributed by atoms with Crippen LogP contribution in [0.25, 0.3) is 15.8 Å². The Hall–Kier alpha value is -3.07. The Labute approximate surface area is 216 Å². The number of amides is 1. The molecule has 1 amide bonds. The Morgan fingerprint density at radius 1 is 1.17 bits per heavy atom. The molecule has 1 aliphatic carbocycles. The number of benzene rings is 1. The summed E-state index contributed by atoms with van der Waals surface area (Å²) in [4.78, 5) is 24.7. The van der Waals surface area contributed by atoms with E-state index in [4.69, 9.17) is 14.5 Å². The van der Waals surface area contributed by atoms with Crippen LogP contribution >= 0.6 is 11.3 Å². The minimum atomic E-state index is -0.132. The largest absolute Gasteiger partial charge is 0.496 e. The van der Waals surface area contributed by atoms with Crippen LogP contribution in [-0.2, 0) is 11.3 Å². The SMILES string of the molecule is CC.COc1ccc(C(=O)NC2=CCCCC=C2c2nc3ccncc3s2)cc1CN1CCOCC1. The molecule has 7 nitrogen and oxygen atoms in total. The minimum absolute atomic E-state index is 0.132. The van der Waals surface area contributed by atoms with Crippen LogP contribution in [0.2, 0.25) is 0 Å². The standard InChI is InChI=1S/C26H28N4O3S.C2H6/c1-32-23-8-7-18(15-19(23)17-30-11-13-33-14-12-30)25(31)28-21-6-4-2-3-5-20(21)26-29-22-9-10-27-16-24(22)34-26;1-2/h5-10,15-16H,2-4,11-14,17H2,1H3,(H,28,31);1-2H3. The van der Waals surface area contributed by atoms with Gasteiger partial charge >= 0.3 is 0 Å². The molecule has 2 aliphatic rings. The first kappa shape index (κ1) is 26.0. The van der Waals surface area contributed by atoms with Crippen molar-refractivity contribution in [1.29, 1.82) is 0 Å². The van der Waals surface area contributed by atoms with Gasteiger partial charge in [0.15, 0.2) is 0 Å². The van der Waals surface area contributed by atoms with Crippen LogP contribution in [0.5, 0.6) is 5.75 Å². The second-order valence-electron chi connectivity index (χ2n) is 8.40. The van der Waals surface area contributed by atoms with Gasteiger partial charge in [0, 0.05) is 54.4 Å². The van der Waals surface area contributed by atoms with Crippen molar-refractivity contribution in [3.8, 4) is 5.75 Å². The number of nitrogens with zero attached hydrogens (tertiary/aromatic N) is 3. The molecular weight excluding hydrogens is 472 g/mol. The van der Waals surface area contributed by atoms with Gasteiger partial charge in [0.2, 0.25) is 0 Å². The number of methoxy groups -OCH3 is 1. The summed E-state index contributed by atoms with van der Waals surface area (Å²) >= 11 is 1.60. The van der Waals surface area contributed by atoms with Crippen LogP contribution < -0.4 is 10.1 Å². The van der Waals surface area contributed by atoms with Gasteiger partial charge in [0.1, 0.15) is 10.8 Å². The maximum atomic E-state index is 13.3. The van der Waals surface area contributed by atoms with Crippen LogP contribution in [-0.4, -0.2) is 54.2 Å². The maximum Gasteiger partial charge on any atom is 0.255 e. The van der Waals surface area contributed by atoms with Gasteiger partial charge in [-0.1, -0.05) is 26.0 Å². The van der Waals surface area contributed by atoms with E-state index in [2.05, 4.69) is 27.4 Å². The number of rotatable bonds is 6. The number of hydrogen-bond donors (Lipinski definition) is 1. The lowest BCUT2D eigenvalue weighted by molar-refractivity contribution is 0.0338. The van der Waals surface area contributed by atoms with E-state index in [1.165, 1.54) is 0 Å². The summed E-state index contributed by atoms with van der Waals surface area (Å²) in [6.45, 7) is 7.93. The highest BCUT2D eigenvalue weighted by Gasteiger charge is 2.20. The number of morpholine rings is 1. The molecule has 0 spiro atoms. The van der Waals surface area contributed by atoms with E-state index in [0.29, 0.717) is 5.56 Å². The van der Waals surface area contributed by atoms with Crippen molar-refractivity contribution in [1.82, 2.24) is 20.2 Å². The molecule has 1 aromatic carbocycles. The topological polar surface area (TPSA) is 76.6 Å². The van der Waals surface area contributed by atoms with Crippen molar-refractivity contribution < 1.29 is 14.3 Å². The lowest BCUT2D eigenvalue weighted by Gasteiger charge is -2.27. The van der Waals surface area contributed by atoms with E-state index in [0.717, 1.165) is 89.9 Å². The summed E-state index contributed by atoms with van der Waals surface area (Å²) in [7, 11) is 1.67. The van der Waals surface area contributed by atoms with Gasteiger partial charge in [-0.25, -0.2) is 4.98 Å². The van der Waals surface area contributed by atoms with E-state index >= 15 is 0 Å². The monoisotopic (exact) mass is 506 g/mol. The summed E-state index contributed by atoms with van der Waals surface area (Å²) in [6.07, 6.45) is 10.8. The average Bonchev–Trinajstić information content (AvgIpc) is 3.22. The van der Waals surface area contributed by atoms with Crippen LogP contribution in [0.3, 0.4) is 0 Å². The molecule has 1 fully saturated rings. The Bertz CT molecular complexity index is 1210. The molecular formula is C28H34N4O3S. The van der Waals surface area contributed by atoms with Gasteiger partial charge in [-0.05, 0) is 43.5 Å². The number of nitrogens with one attached hydrogen (secondary N) is 1. The Balaban J connectivity index is 0.00000148. The molecule has 0 saturated carbocycles. The molecule has 1 aliphatic heterocycles. The fraction of sp³-hybridized carbons (Fsp3) is 0.393. The number of thiazole rings is 1. The third-order valence-corrected chi connectivity index (χ3v) is 7.14. The van der Waals surface area contributed by atoms with Gasteiger partial charge in [-0.15, -0.1) is 11.3 Å². The zero-order valence-electron chi connectivity index (χ0n) is 21.3. The molecule has 0 atom stereocenters. The van der Waals surface area contributed by atoms with Crippen molar-refractivity contribution in [2.75, 3.05) is 33.4 Å². The van der Waals surface area contributed by atoms with Crippen LogP contribution in [0.1, 0.15) is 54.0 Å². The van der Waals surface area contributed by atoms with E-state index < -0.39 is 0 Å². The summed E-state index contributed by atoms with van der Waals surface area (Å²) in [5.41, 5.74) is 4.34. The molecule has 0 unspecified atom stereocenters. The first-order chi connectivity index (χ1) is 17.7. The normalized spacial score (nSPS) is 16.3. The van der Waals surface area contributed by atoms with E-state index in [1.807, 2.05) is 44.3 Å². The molecule has 0 radical (unpaired) electrons. The minimum Gasteiger partial charge on any atom is -0.496 e. The number of allylic oxidation sites excluding steroid dienone is 3. The van der Waals surface area contributed by atoms with Crippen LogP contribution in [0.15, 0.2) is 54.5 Å². The highest BCUT2D eigenvalue weighted by molar-refractivity contribution is 7.19. The number of pyridine rings is 1. The second-order valence-corrected chi connectivity index (χ2v) is 9.43. The fourth-order valence-corrected chi connectivity index (χ4v) is 5.27. The lowest BCUT2D eigenvalue weighted by atomic mass is 10.1. The van der Waals surface area contributed by atoms with Gasteiger partial charge in [0.05, 0.1) is 30.5 Å². The smallest absolute Gasteiger partial charge is 0.255 e. The predicted octanol–water partition coefficient (Wildman–Crippen LogP) is 5.44. The van der Waals surface area contributed by atoms with E-state index in [9.17, 15) is 4.79 Å². The molecule has 0 bridgehead atoms. The Morgan fingerprint density at radius 2 is 1.97 bits per heavy atom. The lowest BCUT2D eigenvalue weighted by Crippen LogP contribution is -2.35. The van der Waals surface area contributed by atoms with Gasteiger partial charge in [-0.3, -0.25) is 14.7 Å².